The minimum atomic E-state index is 0.137. The Bertz CT molecular complexity index is 363. The smallest absolute Gasteiger partial charge is 0.108 e. The molecule has 13 heavy (non-hydrogen) atoms. The molecule has 1 aliphatic heterocycles. The molecule has 68 valence electrons. The number of rotatable bonds is 0. The molecule has 0 saturated heterocycles. The quantitative estimate of drug-likeness (QED) is 0.419. The van der Waals surface area contributed by atoms with Crippen molar-refractivity contribution < 1.29 is 4.58 Å². The molecule has 1 heterocycles. The normalized spacial score (nSPS) is 19.0. The summed E-state index contributed by atoms with van der Waals surface area (Å²) in [6, 6.07) is 9.78. The maximum Gasteiger partial charge on any atom is 0.108 e. The summed E-state index contributed by atoms with van der Waals surface area (Å²) in [6.45, 7) is 10.7. The Balaban J connectivity index is 2.68. The van der Waals surface area contributed by atoms with E-state index in [2.05, 4.69) is 51.8 Å². The van der Waals surface area contributed by atoms with Crippen LogP contribution >= 0.6 is 0 Å². The third-order valence-electron chi connectivity index (χ3n) is 3.18. The van der Waals surface area contributed by atoms with E-state index in [1.165, 1.54) is 17.3 Å². The van der Waals surface area contributed by atoms with E-state index in [4.69, 9.17) is 0 Å². The van der Waals surface area contributed by atoms with Crippen LogP contribution in [0.1, 0.15) is 26.3 Å². The molecule has 0 aromatic heterocycles. The highest BCUT2D eigenvalue weighted by molar-refractivity contribution is 5.53. The van der Waals surface area contributed by atoms with Crippen LogP contribution in [-0.4, -0.2) is 11.3 Å². The van der Waals surface area contributed by atoms with Gasteiger partial charge in [0.15, 0.2) is 0 Å². The SMILES string of the molecule is C=[N+]1c2ccccc2C(C)(C)[C-]1C. The zero-order valence-corrected chi connectivity index (χ0v) is 8.46. The van der Waals surface area contributed by atoms with Gasteiger partial charge in [-0.15, -0.1) is 0 Å². The van der Waals surface area contributed by atoms with Crippen molar-refractivity contribution in [3.63, 3.8) is 0 Å². The van der Waals surface area contributed by atoms with E-state index in [1.54, 1.807) is 0 Å². The van der Waals surface area contributed by atoms with Gasteiger partial charge >= 0.3 is 0 Å². The summed E-state index contributed by atoms with van der Waals surface area (Å²) in [5.41, 5.74) is 2.76. The van der Waals surface area contributed by atoms with Gasteiger partial charge in [-0.1, -0.05) is 32.0 Å². The first-order valence-corrected chi connectivity index (χ1v) is 4.59. The molecule has 0 bridgehead atoms. The fourth-order valence-corrected chi connectivity index (χ4v) is 1.95. The standard InChI is InChI=1S/C12H15N/c1-9-12(2,3)10-7-5-6-8-11(10)13(9)4/h5-8H,4H2,1-3H3. The van der Waals surface area contributed by atoms with Crippen molar-refractivity contribution in [3.05, 3.63) is 35.9 Å². The molecular weight excluding hydrogens is 158 g/mol. The fraction of sp³-hybridized carbons (Fsp3) is 0.333. The number of nitrogens with zero attached hydrogens (tertiary/aromatic N) is 1. The Hall–Kier alpha value is -1.24. The molecule has 1 heteroatoms. The van der Waals surface area contributed by atoms with Gasteiger partial charge < -0.3 is 4.58 Å². The van der Waals surface area contributed by atoms with Gasteiger partial charge in [0.25, 0.3) is 0 Å². The second kappa shape index (κ2) is 2.38. The van der Waals surface area contributed by atoms with Crippen LogP contribution < -0.4 is 0 Å². The van der Waals surface area contributed by atoms with E-state index in [0.29, 0.717) is 0 Å². The Morgan fingerprint density at radius 3 is 2.54 bits per heavy atom. The lowest BCUT2D eigenvalue weighted by Gasteiger charge is -2.24. The van der Waals surface area contributed by atoms with Gasteiger partial charge in [0.05, 0.1) is 6.04 Å². The highest BCUT2D eigenvalue weighted by Crippen LogP contribution is 2.46. The van der Waals surface area contributed by atoms with Crippen LogP contribution in [0.3, 0.4) is 0 Å². The molecule has 0 amide bonds. The van der Waals surface area contributed by atoms with Crippen LogP contribution in [0, 0.1) is 6.04 Å². The summed E-state index contributed by atoms with van der Waals surface area (Å²) in [5.74, 6) is 0. The topological polar surface area (TPSA) is 3.01 Å². The molecule has 0 saturated carbocycles. The summed E-state index contributed by atoms with van der Waals surface area (Å²) >= 11 is 0. The summed E-state index contributed by atoms with van der Waals surface area (Å²) in [7, 11) is 0. The molecule has 1 aromatic carbocycles. The molecule has 1 nitrogen and oxygen atoms in total. The first kappa shape index (κ1) is 8.36. The van der Waals surface area contributed by atoms with Crippen molar-refractivity contribution >= 4 is 12.4 Å². The predicted molar refractivity (Wildman–Crippen MR) is 55.4 cm³/mol. The lowest BCUT2D eigenvalue weighted by molar-refractivity contribution is -0.412. The second-order valence-electron chi connectivity index (χ2n) is 4.16. The number of para-hydroxylation sites is 1. The van der Waals surface area contributed by atoms with E-state index in [0.717, 1.165) is 0 Å². The predicted octanol–water partition coefficient (Wildman–Crippen LogP) is 2.87. The summed E-state index contributed by atoms with van der Waals surface area (Å²) in [6.07, 6.45) is 0. The molecule has 0 radical (unpaired) electrons. The molecule has 2 rings (SSSR count). The van der Waals surface area contributed by atoms with Gasteiger partial charge in [-0.2, -0.15) is 0 Å². The maximum absolute atomic E-state index is 4.05. The number of hydrogen-bond donors (Lipinski definition) is 0. The number of benzene rings is 1. The average Bonchev–Trinajstić information content (AvgIpc) is 2.30. The third kappa shape index (κ3) is 0.932. The van der Waals surface area contributed by atoms with Crippen LogP contribution in [-0.2, 0) is 5.41 Å². The minimum Gasteiger partial charge on any atom is -0.334 e. The van der Waals surface area contributed by atoms with Crippen LogP contribution in [0.5, 0.6) is 0 Å². The number of fused-ring (bicyclic) bond motifs is 1. The lowest BCUT2D eigenvalue weighted by Crippen LogP contribution is -2.22. The van der Waals surface area contributed by atoms with Crippen LogP contribution in [0.2, 0.25) is 0 Å². The second-order valence-corrected chi connectivity index (χ2v) is 4.16. The summed E-state index contributed by atoms with van der Waals surface area (Å²) in [4.78, 5) is 0. The Kier molecular flexibility index (Phi) is 1.53. The van der Waals surface area contributed by atoms with Crippen molar-refractivity contribution in [2.45, 2.75) is 26.2 Å². The molecule has 0 unspecified atom stereocenters. The van der Waals surface area contributed by atoms with Gasteiger partial charge in [0, 0.05) is 12.1 Å². The summed E-state index contributed by atoms with van der Waals surface area (Å²) in [5, 5.41) is 0. The largest absolute Gasteiger partial charge is 0.334 e. The van der Waals surface area contributed by atoms with Crippen molar-refractivity contribution in [1.29, 1.82) is 0 Å². The zero-order valence-electron chi connectivity index (χ0n) is 8.46. The van der Waals surface area contributed by atoms with Crippen LogP contribution in [0.4, 0.5) is 5.69 Å². The van der Waals surface area contributed by atoms with Crippen molar-refractivity contribution in [1.82, 2.24) is 0 Å². The average molecular weight is 173 g/mol. The highest BCUT2D eigenvalue weighted by Gasteiger charge is 2.39. The van der Waals surface area contributed by atoms with Crippen molar-refractivity contribution in [2.24, 2.45) is 0 Å². The molecule has 1 aromatic rings. The maximum atomic E-state index is 4.05. The van der Waals surface area contributed by atoms with Gasteiger partial charge in [0.1, 0.15) is 5.69 Å². The number of hydrogen-bond acceptors (Lipinski definition) is 0. The summed E-state index contributed by atoms with van der Waals surface area (Å²) < 4.78 is 2.04. The first-order valence-electron chi connectivity index (χ1n) is 4.59. The highest BCUT2D eigenvalue weighted by atomic mass is 15.1. The molecular formula is C12H15N. The molecule has 0 N–H and O–H groups in total. The molecule has 0 atom stereocenters. The zero-order chi connectivity index (χ0) is 9.64. The van der Waals surface area contributed by atoms with Gasteiger partial charge in [-0.3, -0.25) is 0 Å². The van der Waals surface area contributed by atoms with Crippen LogP contribution in [0.25, 0.3) is 0 Å². The Morgan fingerprint density at radius 2 is 1.92 bits per heavy atom. The van der Waals surface area contributed by atoms with Gasteiger partial charge in [0.2, 0.25) is 0 Å². The fourth-order valence-electron chi connectivity index (χ4n) is 1.95. The van der Waals surface area contributed by atoms with E-state index in [9.17, 15) is 0 Å². The van der Waals surface area contributed by atoms with Crippen molar-refractivity contribution in [3.8, 4) is 0 Å². The van der Waals surface area contributed by atoms with Gasteiger partial charge in [-0.05, 0) is 18.6 Å². The monoisotopic (exact) mass is 173 g/mol. The molecule has 0 fully saturated rings. The molecule has 1 aliphatic rings. The van der Waals surface area contributed by atoms with E-state index >= 15 is 0 Å². The minimum absolute atomic E-state index is 0.137. The first-order chi connectivity index (χ1) is 6.05. The van der Waals surface area contributed by atoms with E-state index in [-0.39, 0.29) is 5.41 Å². The van der Waals surface area contributed by atoms with Crippen LogP contribution in [0.15, 0.2) is 24.3 Å². The molecule has 0 aliphatic carbocycles. The third-order valence-corrected chi connectivity index (χ3v) is 3.18. The van der Waals surface area contributed by atoms with Crippen molar-refractivity contribution in [2.75, 3.05) is 0 Å². The Morgan fingerprint density at radius 1 is 1.31 bits per heavy atom. The Labute approximate surface area is 79.7 Å². The lowest BCUT2D eigenvalue weighted by atomic mass is 9.81. The molecule has 0 spiro atoms. The van der Waals surface area contributed by atoms with Gasteiger partial charge in [-0.25, -0.2) is 0 Å². The van der Waals surface area contributed by atoms with E-state index in [1.807, 2.05) is 4.58 Å². The van der Waals surface area contributed by atoms with E-state index < -0.39 is 0 Å².